The van der Waals surface area contributed by atoms with Gasteiger partial charge in [0, 0.05) is 6.54 Å². The minimum atomic E-state index is -0.269. The molecule has 3 rings (SSSR count). The number of nitrogens with two attached hydrogens (primary N) is 1. The van der Waals surface area contributed by atoms with Gasteiger partial charge in [0.25, 0.3) is 5.91 Å². The van der Waals surface area contributed by atoms with Crippen molar-refractivity contribution >= 4 is 11.8 Å². The number of hydrogen-bond acceptors (Lipinski definition) is 4. The molecule has 1 saturated heterocycles. The number of carbonyl (C=O) groups is 2. The zero-order valence-electron chi connectivity index (χ0n) is 17.4. The van der Waals surface area contributed by atoms with Crippen LogP contribution in [0.2, 0.25) is 0 Å². The summed E-state index contributed by atoms with van der Waals surface area (Å²) in [5.41, 5.74) is 7.42. The Kier molecular flexibility index (Phi) is 7.68. The van der Waals surface area contributed by atoms with Gasteiger partial charge >= 0.3 is 0 Å². The molecule has 0 radical (unpaired) electrons. The van der Waals surface area contributed by atoms with Crippen LogP contribution in [0.25, 0.3) is 0 Å². The molecule has 2 atom stereocenters. The molecule has 7 heteroatoms. The van der Waals surface area contributed by atoms with Crippen LogP contribution >= 0.6 is 0 Å². The zero-order valence-corrected chi connectivity index (χ0v) is 17.4. The first-order valence-electron chi connectivity index (χ1n) is 10.3. The third-order valence-electron chi connectivity index (χ3n) is 5.39. The van der Waals surface area contributed by atoms with E-state index in [2.05, 4.69) is 5.32 Å². The predicted octanol–water partition coefficient (Wildman–Crippen LogP) is 0.671. The molecule has 1 heterocycles. The Labute approximate surface area is 177 Å². The molecule has 0 aromatic heterocycles. The Bertz CT molecular complexity index is 857. The maximum atomic E-state index is 12.3. The van der Waals surface area contributed by atoms with Crippen LogP contribution in [0.1, 0.15) is 24.0 Å². The molecular weight excluding hydrogens is 382 g/mol. The van der Waals surface area contributed by atoms with Crippen molar-refractivity contribution in [3.63, 3.8) is 0 Å². The van der Waals surface area contributed by atoms with Gasteiger partial charge in [0.1, 0.15) is 6.61 Å². The minimum absolute atomic E-state index is 0.0431. The maximum absolute atomic E-state index is 12.3. The second kappa shape index (κ2) is 10.6. The summed E-state index contributed by atoms with van der Waals surface area (Å²) >= 11 is 0. The molecule has 160 valence electrons. The van der Waals surface area contributed by atoms with Crippen molar-refractivity contribution in [3.8, 4) is 11.5 Å². The molecule has 2 aromatic carbocycles. The molecule has 1 fully saturated rings. The molecule has 1 aliphatic heterocycles. The fraction of sp³-hybridized carbons (Fsp3) is 0.391. The van der Waals surface area contributed by atoms with Crippen molar-refractivity contribution in [1.29, 1.82) is 0 Å². The van der Waals surface area contributed by atoms with Crippen molar-refractivity contribution in [1.82, 2.24) is 5.32 Å². The first kappa shape index (κ1) is 21.6. The van der Waals surface area contributed by atoms with E-state index in [1.165, 1.54) is 0 Å². The normalized spacial score (nSPS) is 18.4. The van der Waals surface area contributed by atoms with Gasteiger partial charge < -0.3 is 25.4 Å². The Morgan fingerprint density at radius 2 is 1.93 bits per heavy atom. The lowest BCUT2D eigenvalue weighted by atomic mass is 9.97. The van der Waals surface area contributed by atoms with Gasteiger partial charge in [0.05, 0.1) is 26.1 Å². The summed E-state index contributed by atoms with van der Waals surface area (Å²) in [6.45, 7) is 2.72. The van der Waals surface area contributed by atoms with E-state index in [1.807, 2.05) is 48.5 Å². The van der Waals surface area contributed by atoms with Crippen molar-refractivity contribution in [2.24, 2.45) is 11.7 Å². The Morgan fingerprint density at radius 3 is 2.67 bits per heavy atom. The molecule has 0 bridgehead atoms. The first-order chi connectivity index (χ1) is 14.5. The highest BCUT2D eigenvalue weighted by Gasteiger charge is 2.28. The van der Waals surface area contributed by atoms with E-state index in [4.69, 9.17) is 15.2 Å². The summed E-state index contributed by atoms with van der Waals surface area (Å²) in [5.74, 6) is 0.845. The number of carbonyl (C=O) groups excluding carboxylic acids is 2. The average molecular weight is 413 g/mol. The molecule has 30 heavy (non-hydrogen) atoms. The van der Waals surface area contributed by atoms with Gasteiger partial charge in [-0.15, -0.1) is 0 Å². The second-order valence-electron chi connectivity index (χ2n) is 7.66. The van der Waals surface area contributed by atoms with Gasteiger partial charge in [-0.25, -0.2) is 0 Å². The molecule has 0 saturated carbocycles. The van der Waals surface area contributed by atoms with Gasteiger partial charge in [0.2, 0.25) is 5.91 Å². The molecule has 2 aromatic rings. The fourth-order valence-corrected chi connectivity index (χ4v) is 3.72. The van der Waals surface area contributed by atoms with Crippen LogP contribution in [0.5, 0.6) is 11.5 Å². The Hall–Kier alpha value is -3.06. The standard InChI is InChI=1S/C23H29N3O4/c1-29-21-12-18(9-10-20(21)30-16-17-6-3-2-4-7-17)13-25-22(27)15-26-11-5-8-19(14-26)23(24)28/h2-4,6-7,9-10,12,19H,5,8,11,13-16H2,1H3,(H2,24,28)(H,25,27)/p+1/t19-/m1/s1. The maximum Gasteiger partial charge on any atom is 0.275 e. The highest BCUT2D eigenvalue weighted by molar-refractivity contribution is 5.77. The first-order valence-corrected chi connectivity index (χ1v) is 10.3. The summed E-state index contributed by atoms with van der Waals surface area (Å²) in [5, 5.41) is 2.95. The molecule has 7 nitrogen and oxygen atoms in total. The number of ether oxygens (including phenoxy) is 2. The van der Waals surface area contributed by atoms with Gasteiger partial charge in [0.15, 0.2) is 18.0 Å². The Balaban J connectivity index is 1.50. The van der Waals surface area contributed by atoms with E-state index in [1.54, 1.807) is 7.11 Å². The van der Waals surface area contributed by atoms with E-state index < -0.39 is 0 Å². The van der Waals surface area contributed by atoms with Crippen LogP contribution in [0, 0.1) is 5.92 Å². The van der Waals surface area contributed by atoms with Crippen molar-refractivity contribution < 1.29 is 24.0 Å². The monoisotopic (exact) mass is 412 g/mol. The SMILES string of the molecule is COc1cc(CNC(=O)C[NH+]2CCC[C@@H](C(N)=O)C2)ccc1OCc1ccccc1. The quantitative estimate of drug-likeness (QED) is 0.564. The van der Waals surface area contributed by atoms with E-state index in [9.17, 15) is 9.59 Å². The predicted molar refractivity (Wildman–Crippen MR) is 113 cm³/mol. The molecule has 2 amide bonds. The van der Waals surface area contributed by atoms with Crippen LogP contribution in [-0.4, -0.2) is 38.6 Å². The highest BCUT2D eigenvalue weighted by atomic mass is 16.5. The average Bonchev–Trinajstić information content (AvgIpc) is 2.77. The van der Waals surface area contributed by atoms with Gasteiger partial charge in [-0.1, -0.05) is 36.4 Å². The minimum Gasteiger partial charge on any atom is -0.493 e. The molecule has 0 aliphatic carbocycles. The number of piperidine rings is 1. The summed E-state index contributed by atoms with van der Waals surface area (Å²) in [6, 6.07) is 15.6. The number of primary amides is 1. The van der Waals surface area contributed by atoms with Gasteiger partial charge in [-0.3, -0.25) is 9.59 Å². The molecule has 1 unspecified atom stereocenters. The van der Waals surface area contributed by atoms with Crippen LogP contribution in [0.3, 0.4) is 0 Å². The highest BCUT2D eigenvalue weighted by Crippen LogP contribution is 2.28. The van der Waals surface area contributed by atoms with Crippen LogP contribution in [-0.2, 0) is 22.7 Å². The topological polar surface area (TPSA) is 95.1 Å². The smallest absolute Gasteiger partial charge is 0.275 e. The largest absolute Gasteiger partial charge is 0.493 e. The lowest BCUT2D eigenvalue weighted by Crippen LogP contribution is -3.14. The number of nitrogens with one attached hydrogen (secondary N) is 2. The van der Waals surface area contributed by atoms with Gasteiger partial charge in [-0.05, 0) is 36.1 Å². The number of likely N-dealkylation sites (tertiary alicyclic amines) is 1. The number of hydrogen-bond donors (Lipinski definition) is 3. The molecular formula is C23H30N3O4+. The second-order valence-corrected chi connectivity index (χ2v) is 7.66. The number of quaternary nitrogens is 1. The van der Waals surface area contributed by atoms with E-state index >= 15 is 0 Å². The van der Waals surface area contributed by atoms with E-state index in [0.717, 1.165) is 35.4 Å². The number of rotatable bonds is 9. The molecule has 0 spiro atoms. The third kappa shape index (κ3) is 6.22. The van der Waals surface area contributed by atoms with E-state index in [-0.39, 0.29) is 17.7 Å². The van der Waals surface area contributed by atoms with Crippen molar-refractivity contribution in [2.75, 3.05) is 26.7 Å². The fourth-order valence-electron chi connectivity index (χ4n) is 3.72. The summed E-state index contributed by atoms with van der Waals surface area (Å²) in [4.78, 5) is 24.8. The number of amides is 2. The van der Waals surface area contributed by atoms with Crippen LogP contribution < -0.4 is 25.4 Å². The third-order valence-corrected chi connectivity index (χ3v) is 5.39. The summed E-state index contributed by atoms with van der Waals surface area (Å²) in [7, 11) is 1.60. The van der Waals surface area contributed by atoms with Gasteiger partial charge in [-0.2, -0.15) is 0 Å². The van der Waals surface area contributed by atoms with Crippen LogP contribution in [0.4, 0.5) is 0 Å². The number of methoxy groups -OCH3 is 1. The van der Waals surface area contributed by atoms with Crippen LogP contribution in [0.15, 0.2) is 48.5 Å². The summed E-state index contributed by atoms with van der Waals surface area (Å²) < 4.78 is 11.3. The zero-order chi connectivity index (χ0) is 21.3. The Morgan fingerprint density at radius 1 is 1.13 bits per heavy atom. The summed E-state index contributed by atoms with van der Waals surface area (Å²) in [6.07, 6.45) is 1.73. The lowest BCUT2D eigenvalue weighted by Gasteiger charge is -2.27. The molecule has 1 aliphatic rings. The lowest BCUT2D eigenvalue weighted by molar-refractivity contribution is -0.899. The molecule has 4 N–H and O–H groups in total. The number of benzene rings is 2. The van der Waals surface area contributed by atoms with E-state index in [0.29, 0.717) is 37.7 Å². The van der Waals surface area contributed by atoms with Crippen molar-refractivity contribution in [3.05, 3.63) is 59.7 Å². The van der Waals surface area contributed by atoms with Crippen molar-refractivity contribution in [2.45, 2.75) is 26.0 Å².